The van der Waals surface area contributed by atoms with Crippen LogP contribution in [0.3, 0.4) is 0 Å². The molecular formula is C18H19ClN4. The number of nitrogens with zero attached hydrogens (tertiary/aromatic N) is 3. The number of para-hydroxylation sites is 1. The smallest absolute Gasteiger partial charge is 0.116 e. The van der Waals surface area contributed by atoms with Crippen LogP contribution in [0.4, 0.5) is 11.4 Å². The van der Waals surface area contributed by atoms with Crippen molar-refractivity contribution in [2.75, 3.05) is 38.4 Å². The molecule has 2 heterocycles. The van der Waals surface area contributed by atoms with Crippen molar-refractivity contribution in [1.29, 1.82) is 0 Å². The number of nitrogens with one attached hydrogen (secondary N) is 1. The molecule has 0 atom stereocenters. The van der Waals surface area contributed by atoms with E-state index in [1.165, 1.54) is 0 Å². The zero-order chi connectivity index (χ0) is 29.1. The van der Waals surface area contributed by atoms with Gasteiger partial charge >= 0.3 is 0 Å². The molecule has 0 radical (unpaired) electrons. The minimum Gasteiger partial charge on any atom is -0.355 e. The summed E-state index contributed by atoms with van der Waals surface area (Å²) in [6, 6.07) is -5.23. The van der Waals surface area contributed by atoms with Gasteiger partial charge in [-0.15, -0.1) is 0 Å². The number of anilines is 1. The zero-order valence-electron chi connectivity index (χ0n) is 26.7. The third kappa shape index (κ3) is 2.80. The molecule has 0 aromatic heterocycles. The third-order valence-electron chi connectivity index (χ3n) is 3.02. The van der Waals surface area contributed by atoms with Crippen LogP contribution in [0.25, 0.3) is 5.82 Å². The van der Waals surface area contributed by atoms with Gasteiger partial charge in [0.15, 0.2) is 0 Å². The molecule has 0 unspecified atom stereocenters. The summed E-state index contributed by atoms with van der Waals surface area (Å²) < 4.78 is 126. The number of piperazine rings is 1. The van der Waals surface area contributed by atoms with E-state index in [2.05, 4.69) is 10.3 Å². The van der Waals surface area contributed by atoms with E-state index in [1.54, 1.807) is 0 Å². The van der Waals surface area contributed by atoms with Crippen molar-refractivity contribution < 1.29 is 20.6 Å². The van der Waals surface area contributed by atoms with Gasteiger partial charge in [0.25, 0.3) is 0 Å². The molecule has 2 aromatic carbocycles. The lowest BCUT2D eigenvalue weighted by Crippen LogP contribution is -2.47. The van der Waals surface area contributed by atoms with E-state index in [0.717, 1.165) is 7.05 Å². The van der Waals surface area contributed by atoms with Crippen LogP contribution >= 0.6 is 11.6 Å². The Morgan fingerprint density at radius 2 is 1.96 bits per heavy atom. The Morgan fingerprint density at radius 3 is 2.78 bits per heavy atom. The molecule has 2 aliphatic rings. The number of likely N-dealkylation sites (N-methyl/N-ethyl adjacent to an activating group) is 1. The molecule has 4 nitrogen and oxygen atoms in total. The van der Waals surface area contributed by atoms with Crippen molar-refractivity contribution in [3.05, 3.63) is 57.9 Å². The molecule has 5 heteroatoms. The molecule has 2 aliphatic heterocycles. The summed E-state index contributed by atoms with van der Waals surface area (Å²) in [6.07, 6.45) is 0. The molecular weight excluding hydrogens is 308 g/mol. The number of fused-ring (bicyclic) bond motifs is 2. The lowest BCUT2D eigenvalue weighted by Gasteiger charge is -2.35. The minimum absolute atomic E-state index is 0.0512. The maximum atomic E-state index is 8.62. The first-order chi connectivity index (χ1) is 17.2. The monoisotopic (exact) mass is 341 g/mol. The lowest BCUT2D eigenvalue weighted by molar-refractivity contribution is 0.206. The number of hydrogen-bond acceptors (Lipinski definition) is 4. The van der Waals surface area contributed by atoms with E-state index in [1.807, 2.05) is 0 Å². The highest BCUT2D eigenvalue weighted by Crippen LogP contribution is 2.30. The molecule has 2 aromatic rings. The maximum absolute atomic E-state index is 8.62. The Labute approximate surface area is 161 Å². The minimum atomic E-state index is -3.41. The van der Waals surface area contributed by atoms with Crippen LogP contribution in [0.2, 0.25) is 5.02 Å². The number of benzene rings is 2. The van der Waals surface area contributed by atoms with Gasteiger partial charge in [-0.25, -0.2) is 4.99 Å². The van der Waals surface area contributed by atoms with Crippen LogP contribution < -0.4 is 15.9 Å². The molecule has 23 heavy (non-hydrogen) atoms. The quantitative estimate of drug-likeness (QED) is 0.861. The normalized spacial score (nSPS) is 35.8. The summed E-state index contributed by atoms with van der Waals surface area (Å²) in [5.74, 6) is -0.882. The molecule has 0 spiro atoms. The number of hydrogen-bond donors (Lipinski definition) is 1. The number of halogens is 1. The van der Waals surface area contributed by atoms with Gasteiger partial charge in [-0.2, -0.15) is 0 Å². The zero-order valence-corrected chi connectivity index (χ0v) is 12.5. The molecule has 1 fully saturated rings. The van der Waals surface area contributed by atoms with Gasteiger partial charge in [0.2, 0.25) is 0 Å². The molecule has 4 rings (SSSR count). The van der Waals surface area contributed by atoms with Gasteiger partial charge in [-0.1, -0.05) is 23.7 Å². The van der Waals surface area contributed by atoms with E-state index in [4.69, 9.17) is 32.2 Å². The second kappa shape index (κ2) is 5.87. The van der Waals surface area contributed by atoms with Crippen molar-refractivity contribution in [2.45, 2.75) is 0 Å². The largest absolute Gasteiger partial charge is 0.355 e. The summed E-state index contributed by atoms with van der Waals surface area (Å²) in [5, 5.41) is 0.632. The molecule has 118 valence electrons. The average molecular weight is 342 g/mol. The SMILES string of the molecule is [2H]c1c([2H])c2c(c([2H])c1Cl)NC(N1C([2H])([2H])C([2H])([2H])N(C)C([2H])([2H])C1([2H])[2H])=c1c([2H])c([2H])c([2H])c([2H])c1=N2. The van der Waals surface area contributed by atoms with Crippen LogP contribution in [0.1, 0.15) is 20.6 Å². The Bertz CT molecular complexity index is 1500. The summed E-state index contributed by atoms with van der Waals surface area (Å²) in [5.41, 5.74) is -0.988. The number of rotatable bonds is 1. The van der Waals surface area contributed by atoms with Crippen LogP contribution in [0, 0.1) is 0 Å². The second-order valence-corrected chi connectivity index (χ2v) is 4.94. The maximum Gasteiger partial charge on any atom is 0.116 e. The summed E-state index contributed by atoms with van der Waals surface area (Å²) in [7, 11) is 0.854. The lowest BCUT2D eigenvalue weighted by atomic mass is 10.2. The van der Waals surface area contributed by atoms with Gasteiger partial charge in [0, 0.05) is 41.7 Å². The van der Waals surface area contributed by atoms with Crippen LogP contribution in [0.5, 0.6) is 0 Å². The molecule has 1 N–H and O–H groups in total. The first-order valence-electron chi connectivity index (χ1n) is 14.0. The van der Waals surface area contributed by atoms with Gasteiger partial charge in [0.05, 0.1) is 31.8 Å². The van der Waals surface area contributed by atoms with E-state index >= 15 is 0 Å². The average Bonchev–Trinajstić information content (AvgIpc) is 2.99. The van der Waals surface area contributed by atoms with E-state index in [0.29, 0.717) is 0 Å². The van der Waals surface area contributed by atoms with Gasteiger partial charge in [-0.05, 0) is 37.3 Å². The van der Waals surface area contributed by atoms with Crippen LogP contribution in [-0.4, -0.2) is 42.8 Å². The second-order valence-electron chi connectivity index (χ2n) is 4.56. The van der Waals surface area contributed by atoms with Crippen molar-refractivity contribution in [1.82, 2.24) is 9.80 Å². The molecule has 1 saturated heterocycles. The van der Waals surface area contributed by atoms with Gasteiger partial charge in [-0.3, -0.25) is 0 Å². The molecule has 0 amide bonds. The van der Waals surface area contributed by atoms with Crippen molar-refractivity contribution in [3.8, 4) is 0 Å². The fraction of sp³-hybridized carbons (Fsp3) is 0.278. The third-order valence-corrected chi connectivity index (χ3v) is 3.21. The van der Waals surface area contributed by atoms with E-state index in [9.17, 15) is 0 Å². The van der Waals surface area contributed by atoms with Crippen LogP contribution in [-0.2, 0) is 0 Å². The predicted octanol–water partition coefficient (Wildman–Crippen LogP) is 2.03. The van der Waals surface area contributed by atoms with Crippen LogP contribution in [0.15, 0.2) is 47.3 Å². The van der Waals surface area contributed by atoms with Gasteiger partial charge < -0.3 is 15.1 Å². The Kier molecular flexibility index (Phi) is 1.40. The van der Waals surface area contributed by atoms with Gasteiger partial charge in [0.1, 0.15) is 5.82 Å². The Morgan fingerprint density at radius 1 is 1.17 bits per heavy atom. The first-order valence-corrected chi connectivity index (χ1v) is 6.83. The highest BCUT2D eigenvalue weighted by molar-refractivity contribution is 6.31. The standard InChI is InChI=1S/C18H19ClN4/c1-22-8-10-23(11-9-22)18-14-4-2-3-5-15(14)20-16-7-6-13(19)12-17(16)21-18/h2-7,12,21H,8-11H2,1H3/i2D,3D,4D,5D,6D,7D,8D2,9D2,10D2,11D2,12D. The molecule has 0 aliphatic carbocycles. The topological polar surface area (TPSA) is 30.9 Å². The Hall–Kier alpha value is -2.04. The highest BCUT2D eigenvalue weighted by Gasteiger charge is 2.19. The van der Waals surface area contributed by atoms with Crippen molar-refractivity contribution in [2.24, 2.45) is 4.99 Å². The summed E-state index contributed by atoms with van der Waals surface area (Å²) in [6.45, 7) is -13.3. The predicted molar refractivity (Wildman–Crippen MR) is 94.4 cm³/mol. The van der Waals surface area contributed by atoms with Crippen molar-refractivity contribution in [3.63, 3.8) is 0 Å². The van der Waals surface area contributed by atoms with E-state index < -0.39 is 101 Å². The fourth-order valence-electron chi connectivity index (χ4n) is 1.99. The first kappa shape index (κ1) is 5.50. The fourth-order valence-corrected chi connectivity index (χ4v) is 2.13. The Balaban J connectivity index is 2.30. The summed E-state index contributed by atoms with van der Waals surface area (Å²) in [4.78, 5) is 4.40. The van der Waals surface area contributed by atoms with E-state index in [-0.39, 0.29) is 9.80 Å². The molecule has 0 saturated carbocycles. The highest BCUT2D eigenvalue weighted by atomic mass is 35.5. The molecule has 0 bridgehead atoms. The van der Waals surface area contributed by atoms with Crippen molar-refractivity contribution >= 4 is 28.8 Å². The summed E-state index contributed by atoms with van der Waals surface area (Å²) >= 11 is 6.04.